The SMILES string of the molecule is NC1(C(=O)N2CCC(COc3cc(Cl)cc(Cl)c3)CC2)CC1. The number of carbonyl (C=O) groups is 1. The minimum atomic E-state index is -0.555. The molecule has 1 aliphatic carbocycles. The van der Waals surface area contributed by atoms with Gasteiger partial charge in [-0.3, -0.25) is 4.79 Å². The summed E-state index contributed by atoms with van der Waals surface area (Å²) in [6.45, 7) is 2.15. The van der Waals surface area contributed by atoms with E-state index in [1.165, 1.54) is 0 Å². The number of likely N-dealkylation sites (tertiary alicyclic amines) is 1. The number of rotatable bonds is 4. The number of ether oxygens (including phenoxy) is 1. The fourth-order valence-corrected chi connectivity index (χ4v) is 3.30. The molecule has 3 rings (SSSR count). The molecule has 2 N–H and O–H groups in total. The molecule has 2 fully saturated rings. The van der Waals surface area contributed by atoms with Crippen LogP contribution in [0.15, 0.2) is 18.2 Å². The van der Waals surface area contributed by atoms with Gasteiger partial charge in [0.1, 0.15) is 5.75 Å². The molecule has 0 bridgehead atoms. The largest absolute Gasteiger partial charge is 0.493 e. The van der Waals surface area contributed by atoms with Crippen LogP contribution in [0.4, 0.5) is 0 Å². The van der Waals surface area contributed by atoms with Gasteiger partial charge in [-0.2, -0.15) is 0 Å². The standard InChI is InChI=1S/C16H20Cl2N2O2/c17-12-7-13(18)9-14(8-12)22-10-11-1-5-20(6-2-11)15(21)16(19)3-4-16/h7-9,11H,1-6,10,19H2. The molecule has 1 heterocycles. The summed E-state index contributed by atoms with van der Waals surface area (Å²) in [7, 11) is 0. The van der Waals surface area contributed by atoms with E-state index in [4.69, 9.17) is 33.7 Å². The van der Waals surface area contributed by atoms with Gasteiger partial charge >= 0.3 is 0 Å². The maximum absolute atomic E-state index is 12.2. The lowest BCUT2D eigenvalue weighted by Crippen LogP contribution is -2.49. The van der Waals surface area contributed by atoms with Crippen LogP contribution in [0.3, 0.4) is 0 Å². The molecular weight excluding hydrogens is 323 g/mol. The summed E-state index contributed by atoms with van der Waals surface area (Å²) in [5.74, 6) is 1.25. The van der Waals surface area contributed by atoms with Crippen LogP contribution in [0.2, 0.25) is 10.0 Å². The van der Waals surface area contributed by atoms with Gasteiger partial charge in [0.25, 0.3) is 0 Å². The summed E-state index contributed by atoms with van der Waals surface area (Å²) in [6, 6.07) is 5.20. The molecule has 1 aromatic rings. The monoisotopic (exact) mass is 342 g/mol. The highest BCUT2D eigenvalue weighted by atomic mass is 35.5. The van der Waals surface area contributed by atoms with Crippen molar-refractivity contribution >= 4 is 29.1 Å². The summed E-state index contributed by atoms with van der Waals surface area (Å²) >= 11 is 11.9. The van der Waals surface area contributed by atoms with E-state index in [0.29, 0.717) is 28.3 Å². The Morgan fingerprint density at radius 2 is 1.82 bits per heavy atom. The molecular formula is C16H20Cl2N2O2. The van der Waals surface area contributed by atoms with Crippen molar-refractivity contribution in [3.8, 4) is 5.75 Å². The van der Waals surface area contributed by atoms with Crippen molar-refractivity contribution in [2.45, 2.75) is 31.2 Å². The van der Waals surface area contributed by atoms with Crippen molar-refractivity contribution in [1.29, 1.82) is 0 Å². The van der Waals surface area contributed by atoms with E-state index < -0.39 is 5.54 Å². The molecule has 22 heavy (non-hydrogen) atoms. The van der Waals surface area contributed by atoms with E-state index in [1.54, 1.807) is 18.2 Å². The van der Waals surface area contributed by atoms with Crippen LogP contribution in [0.5, 0.6) is 5.75 Å². The number of piperidine rings is 1. The van der Waals surface area contributed by atoms with Crippen LogP contribution in [-0.2, 0) is 4.79 Å². The van der Waals surface area contributed by atoms with Crippen molar-refractivity contribution < 1.29 is 9.53 Å². The zero-order valence-electron chi connectivity index (χ0n) is 12.4. The molecule has 1 aromatic carbocycles. The van der Waals surface area contributed by atoms with Gasteiger partial charge in [-0.1, -0.05) is 23.2 Å². The third-order valence-corrected chi connectivity index (χ3v) is 4.87. The highest BCUT2D eigenvalue weighted by Crippen LogP contribution is 2.35. The van der Waals surface area contributed by atoms with Gasteiger partial charge in [-0.15, -0.1) is 0 Å². The van der Waals surface area contributed by atoms with Crippen LogP contribution in [0, 0.1) is 5.92 Å². The lowest BCUT2D eigenvalue weighted by atomic mass is 9.97. The summed E-state index contributed by atoms with van der Waals surface area (Å²) in [5.41, 5.74) is 5.42. The zero-order chi connectivity index (χ0) is 15.7. The van der Waals surface area contributed by atoms with Gasteiger partial charge in [0.05, 0.1) is 12.1 Å². The lowest BCUT2D eigenvalue weighted by molar-refractivity contribution is -0.135. The molecule has 1 amide bonds. The predicted molar refractivity (Wildman–Crippen MR) is 87.4 cm³/mol. The summed E-state index contributed by atoms with van der Waals surface area (Å²) < 4.78 is 5.79. The first-order valence-corrected chi connectivity index (χ1v) is 8.39. The van der Waals surface area contributed by atoms with Crippen LogP contribution in [0.25, 0.3) is 0 Å². The zero-order valence-corrected chi connectivity index (χ0v) is 13.9. The Hall–Kier alpha value is -0.970. The molecule has 0 aromatic heterocycles. The first-order chi connectivity index (χ1) is 10.5. The molecule has 4 nitrogen and oxygen atoms in total. The third kappa shape index (κ3) is 3.67. The number of amides is 1. The van der Waals surface area contributed by atoms with Gasteiger partial charge in [0.2, 0.25) is 5.91 Å². The van der Waals surface area contributed by atoms with E-state index in [2.05, 4.69) is 0 Å². The van der Waals surface area contributed by atoms with Crippen LogP contribution >= 0.6 is 23.2 Å². The van der Waals surface area contributed by atoms with E-state index in [-0.39, 0.29) is 5.91 Å². The topological polar surface area (TPSA) is 55.6 Å². The number of nitrogens with zero attached hydrogens (tertiary/aromatic N) is 1. The maximum atomic E-state index is 12.2. The Morgan fingerprint density at radius 3 is 2.36 bits per heavy atom. The number of carbonyl (C=O) groups excluding carboxylic acids is 1. The van der Waals surface area contributed by atoms with E-state index >= 15 is 0 Å². The molecule has 120 valence electrons. The smallest absolute Gasteiger partial charge is 0.242 e. The second-order valence-electron chi connectivity index (χ2n) is 6.31. The highest BCUT2D eigenvalue weighted by Gasteiger charge is 2.48. The van der Waals surface area contributed by atoms with Gasteiger partial charge in [0, 0.05) is 23.1 Å². The summed E-state index contributed by atoms with van der Waals surface area (Å²) in [5, 5.41) is 1.14. The van der Waals surface area contributed by atoms with Crippen molar-refractivity contribution in [3.05, 3.63) is 28.2 Å². The summed E-state index contributed by atoms with van der Waals surface area (Å²) in [4.78, 5) is 14.1. The fourth-order valence-electron chi connectivity index (χ4n) is 2.79. The van der Waals surface area contributed by atoms with E-state index in [1.807, 2.05) is 4.90 Å². The molecule has 0 atom stereocenters. The van der Waals surface area contributed by atoms with Crippen LogP contribution in [-0.4, -0.2) is 36.0 Å². The normalized spacial score (nSPS) is 20.8. The van der Waals surface area contributed by atoms with Crippen molar-refractivity contribution in [1.82, 2.24) is 4.90 Å². The third-order valence-electron chi connectivity index (χ3n) is 4.44. The Bertz CT molecular complexity index is 547. The average molecular weight is 343 g/mol. The molecule has 1 aliphatic heterocycles. The highest BCUT2D eigenvalue weighted by molar-refractivity contribution is 6.34. The first-order valence-electron chi connectivity index (χ1n) is 7.63. The number of halogens is 2. The Morgan fingerprint density at radius 1 is 1.23 bits per heavy atom. The van der Waals surface area contributed by atoms with Crippen molar-refractivity contribution in [2.75, 3.05) is 19.7 Å². The van der Waals surface area contributed by atoms with Gasteiger partial charge < -0.3 is 15.4 Å². The number of benzene rings is 1. The molecule has 0 spiro atoms. The van der Waals surface area contributed by atoms with E-state index in [0.717, 1.165) is 38.8 Å². The molecule has 1 saturated carbocycles. The quantitative estimate of drug-likeness (QED) is 0.914. The van der Waals surface area contributed by atoms with Gasteiger partial charge in [-0.05, 0) is 49.8 Å². The van der Waals surface area contributed by atoms with Crippen LogP contribution < -0.4 is 10.5 Å². The average Bonchev–Trinajstić information content (AvgIpc) is 3.23. The molecule has 6 heteroatoms. The first kappa shape index (κ1) is 15.9. The molecule has 2 aliphatic rings. The Kier molecular flexibility index (Phi) is 4.53. The second-order valence-corrected chi connectivity index (χ2v) is 7.18. The maximum Gasteiger partial charge on any atom is 0.242 e. The molecule has 1 saturated heterocycles. The predicted octanol–water partition coefficient (Wildman–Crippen LogP) is 3.10. The van der Waals surface area contributed by atoms with E-state index in [9.17, 15) is 4.79 Å². The molecule has 0 unspecified atom stereocenters. The van der Waals surface area contributed by atoms with Gasteiger partial charge in [0.15, 0.2) is 0 Å². The van der Waals surface area contributed by atoms with Gasteiger partial charge in [-0.25, -0.2) is 0 Å². The lowest BCUT2D eigenvalue weighted by Gasteiger charge is -2.33. The summed E-state index contributed by atoms with van der Waals surface area (Å²) in [6.07, 6.45) is 3.53. The number of hydrogen-bond donors (Lipinski definition) is 1. The van der Waals surface area contributed by atoms with Crippen molar-refractivity contribution in [2.24, 2.45) is 11.7 Å². The number of hydrogen-bond acceptors (Lipinski definition) is 3. The van der Waals surface area contributed by atoms with Crippen LogP contribution in [0.1, 0.15) is 25.7 Å². The number of nitrogens with two attached hydrogens (primary N) is 1. The Labute approximate surface area is 140 Å². The van der Waals surface area contributed by atoms with Crippen molar-refractivity contribution in [3.63, 3.8) is 0 Å². The minimum absolute atomic E-state index is 0.119. The molecule has 0 radical (unpaired) electrons. The Balaban J connectivity index is 1.47. The fraction of sp³-hybridized carbons (Fsp3) is 0.562. The second kappa shape index (κ2) is 6.26. The minimum Gasteiger partial charge on any atom is -0.493 e.